The van der Waals surface area contributed by atoms with Crippen molar-refractivity contribution in [2.45, 2.75) is 26.2 Å². The Morgan fingerprint density at radius 2 is 1.75 bits per heavy atom. The van der Waals surface area contributed by atoms with Crippen LogP contribution in [0.15, 0.2) is 48.8 Å². The summed E-state index contributed by atoms with van der Waals surface area (Å²) in [5.41, 5.74) is 3.43. The van der Waals surface area contributed by atoms with Crippen LogP contribution in [0.4, 0.5) is 0 Å². The zero-order chi connectivity index (χ0) is 16.7. The number of nitrogens with zero attached hydrogens (tertiary/aromatic N) is 5. The van der Waals surface area contributed by atoms with Gasteiger partial charge in [-0.25, -0.2) is 0 Å². The number of aromatic nitrogens is 5. The average Bonchev–Trinajstić information content (AvgIpc) is 3.15. The van der Waals surface area contributed by atoms with Gasteiger partial charge in [0.1, 0.15) is 5.01 Å². The minimum atomic E-state index is 0.132. The smallest absolute Gasteiger partial charge is 0.235 e. The molecule has 0 bridgehead atoms. The summed E-state index contributed by atoms with van der Waals surface area (Å²) in [6.45, 7) is 6.62. The molecule has 0 amide bonds. The van der Waals surface area contributed by atoms with Crippen LogP contribution in [0.25, 0.3) is 26.9 Å². The molecule has 24 heavy (non-hydrogen) atoms. The van der Waals surface area contributed by atoms with Gasteiger partial charge in [-0.2, -0.15) is 9.61 Å². The van der Waals surface area contributed by atoms with E-state index in [1.807, 2.05) is 18.3 Å². The van der Waals surface area contributed by atoms with Gasteiger partial charge in [-0.15, -0.1) is 10.2 Å². The molecule has 0 aliphatic rings. The molecule has 6 heteroatoms. The fourth-order valence-electron chi connectivity index (χ4n) is 2.52. The summed E-state index contributed by atoms with van der Waals surface area (Å²) in [6.07, 6.45) is 3.56. The minimum absolute atomic E-state index is 0.132. The third-order valence-electron chi connectivity index (χ3n) is 3.91. The summed E-state index contributed by atoms with van der Waals surface area (Å²) < 4.78 is 1.80. The van der Waals surface area contributed by atoms with Gasteiger partial charge in [0, 0.05) is 23.5 Å². The molecule has 5 nitrogen and oxygen atoms in total. The lowest BCUT2D eigenvalue weighted by Crippen LogP contribution is -2.10. The molecule has 0 unspecified atom stereocenters. The van der Waals surface area contributed by atoms with Crippen LogP contribution in [-0.2, 0) is 5.41 Å². The first kappa shape index (κ1) is 15.0. The van der Waals surface area contributed by atoms with Gasteiger partial charge in [-0.05, 0) is 23.1 Å². The van der Waals surface area contributed by atoms with Gasteiger partial charge in [0.15, 0.2) is 5.82 Å². The molecule has 0 atom stereocenters. The topological polar surface area (TPSA) is 56.0 Å². The minimum Gasteiger partial charge on any atom is -0.264 e. The van der Waals surface area contributed by atoms with Crippen molar-refractivity contribution in [3.05, 3.63) is 54.4 Å². The highest BCUT2D eigenvalue weighted by Gasteiger charge is 2.16. The highest BCUT2D eigenvalue weighted by atomic mass is 32.1. The molecule has 0 saturated heterocycles. The van der Waals surface area contributed by atoms with Crippen LogP contribution >= 0.6 is 11.3 Å². The van der Waals surface area contributed by atoms with Gasteiger partial charge in [0.25, 0.3) is 0 Å². The van der Waals surface area contributed by atoms with Crippen molar-refractivity contribution in [3.8, 4) is 22.0 Å². The molecular weight excluding hydrogens is 318 g/mol. The molecular formula is C18H17N5S. The summed E-state index contributed by atoms with van der Waals surface area (Å²) in [4.78, 5) is 4.93. The first-order valence-electron chi connectivity index (χ1n) is 7.76. The Kier molecular flexibility index (Phi) is 3.42. The molecule has 0 fully saturated rings. The third-order valence-corrected chi connectivity index (χ3v) is 4.86. The van der Waals surface area contributed by atoms with Crippen LogP contribution in [0.1, 0.15) is 26.3 Å². The molecule has 1 aromatic carbocycles. The number of rotatable bonds is 2. The maximum absolute atomic E-state index is 4.66. The fraction of sp³-hybridized carbons (Fsp3) is 0.222. The van der Waals surface area contributed by atoms with Crippen molar-refractivity contribution in [3.63, 3.8) is 0 Å². The summed E-state index contributed by atoms with van der Waals surface area (Å²) in [5, 5.41) is 14.1. The lowest BCUT2D eigenvalue weighted by Gasteiger charge is -2.18. The highest BCUT2D eigenvalue weighted by molar-refractivity contribution is 7.19. The molecule has 0 radical (unpaired) electrons. The Bertz CT molecular complexity index is 978. The van der Waals surface area contributed by atoms with Crippen LogP contribution < -0.4 is 0 Å². The first-order valence-corrected chi connectivity index (χ1v) is 8.57. The van der Waals surface area contributed by atoms with E-state index in [1.54, 1.807) is 10.7 Å². The van der Waals surface area contributed by atoms with Crippen molar-refractivity contribution in [2.24, 2.45) is 0 Å². The van der Waals surface area contributed by atoms with Gasteiger partial charge in [-0.1, -0.05) is 56.4 Å². The van der Waals surface area contributed by atoms with E-state index < -0.39 is 0 Å². The molecule has 4 aromatic rings. The number of hydrogen-bond donors (Lipinski definition) is 0. The summed E-state index contributed by atoms with van der Waals surface area (Å²) in [7, 11) is 0. The van der Waals surface area contributed by atoms with E-state index in [9.17, 15) is 0 Å². The SMILES string of the molecule is CC(C)(C)c1ccc(-c2nnc3sc(-c4cccnc4)nn23)cc1. The second-order valence-electron chi connectivity index (χ2n) is 6.69. The maximum Gasteiger partial charge on any atom is 0.235 e. The molecule has 4 rings (SSSR count). The molecule has 0 spiro atoms. The molecule has 0 aliphatic heterocycles. The van der Waals surface area contributed by atoms with Crippen molar-refractivity contribution >= 4 is 16.3 Å². The largest absolute Gasteiger partial charge is 0.264 e. The van der Waals surface area contributed by atoms with E-state index in [1.165, 1.54) is 16.9 Å². The van der Waals surface area contributed by atoms with Gasteiger partial charge < -0.3 is 0 Å². The van der Waals surface area contributed by atoms with E-state index in [0.29, 0.717) is 0 Å². The molecule has 0 aliphatic carbocycles. The lowest BCUT2D eigenvalue weighted by atomic mass is 9.87. The fourth-order valence-corrected chi connectivity index (χ4v) is 3.35. The van der Waals surface area contributed by atoms with Gasteiger partial charge in [0.2, 0.25) is 4.96 Å². The molecule has 3 heterocycles. The monoisotopic (exact) mass is 335 g/mol. The summed E-state index contributed by atoms with van der Waals surface area (Å²) in [6, 6.07) is 12.4. The van der Waals surface area contributed by atoms with E-state index in [2.05, 4.69) is 65.3 Å². The van der Waals surface area contributed by atoms with Crippen LogP contribution in [0, 0.1) is 0 Å². The molecule has 120 valence electrons. The van der Waals surface area contributed by atoms with Crippen LogP contribution in [-0.4, -0.2) is 24.8 Å². The Balaban J connectivity index is 1.76. The summed E-state index contributed by atoms with van der Waals surface area (Å²) in [5.74, 6) is 0.761. The van der Waals surface area contributed by atoms with Gasteiger partial charge in [-0.3, -0.25) is 4.98 Å². The Morgan fingerprint density at radius 1 is 0.958 bits per heavy atom. The Morgan fingerprint density at radius 3 is 2.42 bits per heavy atom. The number of fused-ring (bicyclic) bond motifs is 1. The van der Waals surface area contributed by atoms with Gasteiger partial charge >= 0.3 is 0 Å². The standard InChI is InChI=1S/C18H17N5S/c1-18(2,3)14-8-6-12(7-9-14)15-20-21-17-23(15)22-16(24-17)13-5-4-10-19-11-13/h4-11H,1-3H3. The van der Waals surface area contributed by atoms with Crippen molar-refractivity contribution in [1.82, 2.24) is 24.8 Å². The lowest BCUT2D eigenvalue weighted by molar-refractivity contribution is 0.590. The van der Waals surface area contributed by atoms with Crippen molar-refractivity contribution < 1.29 is 0 Å². The first-order chi connectivity index (χ1) is 11.5. The Labute approximate surface area is 144 Å². The van der Waals surface area contributed by atoms with E-state index in [-0.39, 0.29) is 5.41 Å². The predicted molar refractivity (Wildman–Crippen MR) is 96.0 cm³/mol. The van der Waals surface area contributed by atoms with E-state index >= 15 is 0 Å². The number of pyridine rings is 1. The van der Waals surface area contributed by atoms with Crippen molar-refractivity contribution in [2.75, 3.05) is 0 Å². The molecule has 0 saturated carbocycles. The van der Waals surface area contributed by atoms with Crippen LogP contribution in [0.5, 0.6) is 0 Å². The summed E-state index contributed by atoms with van der Waals surface area (Å²) >= 11 is 1.51. The molecule has 0 N–H and O–H groups in total. The average molecular weight is 335 g/mol. The normalized spacial score (nSPS) is 12.0. The molecule has 3 aromatic heterocycles. The second kappa shape index (κ2) is 5.49. The Hall–Kier alpha value is -2.60. The number of hydrogen-bond acceptors (Lipinski definition) is 5. The maximum atomic E-state index is 4.66. The predicted octanol–water partition coefficient (Wildman–Crippen LogP) is 4.21. The second-order valence-corrected chi connectivity index (χ2v) is 7.65. The zero-order valence-electron chi connectivity index (χ0n) is 13.8. The zero-order valence-corrected chi connectivity index (χ0v) is 14.6. The van der Waals surface area contributed by atoms with E-state index in [0.717, 1.165) is 26.9 Å². The van der Waals surface area contributed by atoms with Crippen LogP contribution in [0.2, 0.25) is 0 Å². The third kappa shape index (κ3) is 2.59. The number of benzene rings is 1. The quantitative estimate of drug-likeness (QED) is 0.550. The van der Waals surface area contributed by atoms with Gasteiger partial charge in [0.05, 0.1) is 0 Å². The van der Waals surface area contributed by atoms with E-state index in [4.69, 9.17) is 0 Å². The highest BCUT2D eigenvalue weighted by Crippen LogP contribution is 2.29. The van der Waals surface area contributed by atoms with Crippen molar-refractivity contribution in [1.29, 1.82) is 0 Å². The van der Waals surface area contributed by atoms with Crippen LogP contribution in [0.3, 0.4) is 0 Å².